The summed E-state index contributed by atoms with van der Waals surface area (Å²) < 4.78 is 5.24. The molecule has 1 fully saturated rings. The average Bonchev–Trinajstić information content (AvgIpc) is 2.97. The quantitative estimate of drug-likeness (QED) is 0.793. The first kappa shape index (κ1) is 19.5. The highest BCUT2D eigenvalue weighted by Crippen LogP contribution is 2.31. The van der Waals surface area contributed by atoms with Crippen molar-refractivity contribution in [3.63, 3.8) is 0 Å². The number of carboxylic acids is 1. The topological polar surface area (TPSA) is 75.6 Å². The van der Waals surface area contributed by atoms with E-state index in [9.17, 15) is 14.7 Å². The monoisotopic (exact) mass is 363 g/mol. The largest absolute Gasteiger partial charge is 0.477 e. The summed E-state index contributed by atoms with van der Waals surface area (Å²) in [6, 6.07) is 1.64. The zero-order chi connectivity index (χ0) is 18.6. The summed E-state index contributed by atoms with van der Waals surface area (Å²) in [5.74, 6) is 5.36. The van der Waals surface area contributed by atoms with E-state index >= 15 is 0 Å². The molecule has 136 valence electrons. The van der Waals surface area contributed by atoms with Gasteiger partial charge in [0.05, 0.1) is 10.6 Å². The molecule has 2 rings (SSSR count). The lowest BCUT2D eigenvalue weighted by atomic mass is 9.82. The zero-order valence-electron chi connectivity index (χ0n) is 15.1. The summed E-state index contributed by atoms with van der Waals surface area (Å²) in [5.41, 5.74) is -0.282. The van der Waals surface area contributed by atoms with Crippen LogP contribution in [-0.4, -0.2) is 29.7 Å². The van der Waals surface area contributed by atoms with Crippen molar-refractivity contribution in [1.82, 2.24) is 0 Å². The zero-order valence-corrected chi connectivity index (χ0v) is 16.0. The minimum atomic E-state index is -1.06. The van der Waals surface area contributed by atoms with Gasteiger partial charge in [-0.05, 0) is 51.5 Å². The Balaban J connectivity index is 2.16. The van der Waals surface area contributed by atoms with Gasteiger partial charge in [-0.2, -0.15) is 0 Å². The molecular formula is C19H25NO4S. The number of anilines is 1. The van der Waals surface area contributed by atoms with Crippen LogP contribution in [0.5, 0.6) is 0 Å². The van der Waals surface area contributed by atoms with E-state index in [0.29, 0.717) is 16.5 Å². The van der Waals surface area contributed by atoms with Crippen molar-refractivity contribution in [3.8, 4) is 11.8 Å². The average molecular weight is 363 g/mol. The maximum absolute atomic E-state index is 12.5. The molecule has 1 aliphatic rings. The molecule has 25 heavy (non-hydrogen) atoms. The maximum atomic E-state index is 12.5. The van der Waals surface area contributed by atoms with Crippen molar-refractivity contribution < 1.29 is 19.4 Å². The maximum Gasteiger partial charge on any atom is 0.348 e. The van der Waals surface area contributed by atoms with Crippen LogP contribution in [0.4, 0.5) is 5.69 Å². The number of hydrogen-bond donors (Lipinski definition) is 2. The fraction of sp³-hybridized carbons (Fsp3) is 0.579. The van der Waals surface area contributed by atoms with E-state index < -0.39 is 11.6 Å². The number of aromatic carboxylic acids is 1. The Hall–Kier alpha value is -1.84. The van der Waals surface area contributed by atoms with Crippen molar-refractivity contribution in [1.29, 1.82) is 0 Å². The molecule has 1 heterocycles. The van der Waals surface area contributed by atoms with Crippen LogP contribution < -0.4 is 5.32 Å². The number of carboxylic acid groups (broad SMARTS) is 1. The first-order valence-corrected chi connectivity index (χ1v) is 9.30. The molecule has 0 aliphatic heterocycles. The minimum Gasteiger partial charge on any atom is -0.477 e. The summed E-state index contributed by atoms with van der Waals surface area (Å²) in [6.45, 7) is 5.86. The molecule has 0 bridgehead atoms. The van der Waals surface area contributed by atoms with Crippen LogP contribution in [0.1, 0.15) is 61.0 Å². The van der Waals surface area contributed by atoms with Gasteiger partial charge in [-0.25, -0.2) is 4.79 Å². The predicted molar refractivity (Wildman–Crippen MR) is 99.0 cm³/mol. The number of rotatable bonds is 4. The number of ether oxygens (including phenoxy) is 1. The SMILES string of the molecule is COC(C)(C)C#Cc1cc(NC(=O)C2CCC(C)CC2)c(C(=O)O)s1. The van der Waals surface area contributed by atoms with Crippen LogP contribution in [0, 0.1) is 23.7 Å². The molecule has 1 aromatic heterocycles. The number of methoxy groups -OCH3 is 1. The van der Waals surface area contributed by atoms with Crippen LogP contribution in [-0.2, 0) is 9.53 Å². The number of amides is 1. The predicted octanol–water partition coefficient (Wildman–Crippen LogP) is 3.99. The summed E-state index contributed by atoms with van der Waals surface area (Å²) in [4.78, 5) is 24.6. The summed E-state index contributed by atoms with van der Waals surface area (Å²) >= 11 is 1.06. The molecule has 1 aliphatic carbocycles. The van der Waals surface area contributed by atoms with Crippen LogP contribution in [0.3, 0.4) is 0 Å². The Morgan fingerprint density at radius 1 is 1.32 bits per heavy atom. The summed E-state index contributed by atoms with van der Waals surface area (Å²) in [6.07, 6.45) is 3.79. The van der Waals surface area contributed by atoms with Crippen molar-refractivity contribution in [3.05, 3.63) is 15.8 Å². The molecule has 2 N–H and O–H groups in total. The smallest absolute Gasteiger partial charge is 0.348 e. The highest BCUT2D eigenvalue weighted by molar-refractivity contribution is 7.15. The van der Waals surface area contributed by atoms with Gasteiger partial charge in [0.2, 0.25) is 5.91 Å². The molecule has 0 atom stereocenters. The first-order valence-electron chi connectivity index (χ1n) is 8.48. The van der Waals surface area contributed by atoms with Crippen LogP contribution in [0.2, 0.25) is 0 Å². The number of nitrogens with one attached hydrogen (secondary N) is 1. The molecule has 0 spiro atoms. The van der Waals surface area contributed by atoms with Gasteiger partial charge in [-0.3, -0.25) is 4.79 Å². The Labute approximate surface area is 152 Å². The molecule has 1 saturated carbocycles. The molecule has 0 radical (unpaired) electrons. The van der Waals surface area contributed by atoms with Crippen molar-refractivity contribution in [2.75, 3.05) is 12.4 Å². The molecular weight excluding hydrogens is 338 g/mol. The standard InChI is InChI=1S/C19H25NO4S/c1-12-5-7-13(8-6-12)17(21)20-15-11-14(25-16(15)18(22)23)9-10-19(2,3)24-4/h11-13H,5-8H2,1-4H3,(H,20,21)(H,22,23). The summed E-state index contributed by atoms with van der Waals surface area (Å²) in [7, 11) is 1.57. The van der Waals surface area contributed by atoms with Gasteiger partial charge < -0.3 is 15.2 Å². The van der Waals surface area contributed by atoms with Gasteiger partial charge in [0, 0.05) is 13.0 Å². The van der Waals surface area contributed by atoms with Gasteiger partial charge in [0.1, 0.15) is 10.5 Å². The van der Waals surface area contributed by atoms with E-state index in [4.69, 9.17) is 4.74 Å². The molecule has 0 aromatic carbocycles. The molecule has 1 amide bonds. The normalized spacial score (nSPS) is 20.5. The van der Waals surface area contributed by atoms with E-state index in [2.05, 4.69) is 24.1 Å². The number of thiophene rings is 1. The van der Waals surface area contributed by atoms with Crippen LogP contribution >= 0.6 is 11.3 Å². The minimum absolute atomic E-state index is 0.0419. The number of carbonyl (C=O) groups excluding carboxylic acids is 1. The second-order valence-corrected chi connectivity index (χ2v) is 8.12. The molecule has 6 heteroatoms. The number of hydrogen-bond acceptors (Lipinski definition) is 4. The Morgan fingerprint density at radius 3 is 2.52 bits per heavy atom. The van der Waals surface area contributed by atoms with Gasteiger partial charge >= 0.3 is 5.97 Å². The van der Waals surface area contributed by atoms with Gasteiger partial charge in [0.25, 0.3) is 0 Å². The molecule has 0 saturated heterocycles. The Kier molecular flexibility index (Phi) is 6.26. The molecule has 1 aromatic rings. The molecule has 0 unspecified atom stereocenters. The third-order valence-electron chi connectivity index (χ3n) is 4.57. The Morgan fingerprint density at radius 2 is 1.96 bits per heavy atom. The fourth-order valence-electron chi connectivity index (χ4n) is 2.72. The third kappa shape index (κ3) is 5.32. The highest BCUT2D eigenvalue weighted by atomic mass is 32.1. The molecule has 5 nitrogen and oxygen atoms in total. The fourth-order valence-corrected chi connectivity index (χ4v) is 3.53. The van der Waals surface area contributed by atoms with E-state index in [1.807, 2.05) is 13.8 Å². The van der Waals surface area contributed by atoms with Crippen molar-refractivity contribution in [2.24, 2.45) is 11.8 Å². The van der Waals surface area contributed by atoms with E-state index in [1.54, 1.807) is 13.2 Å². The van der Waals surface area contributed by atoms with E-state index in [0.717, 1.165) is 37.0 Å². The second-order valence-electron chi connectivity index (χ2n) is 7.07. The van der Waals surface area contributed by atoms with Crippen molar-refractivity contribution in [2.45, 2.75) is 52.1 Å². The lowest BCUT2D eigenvalue weighted by molar-refractivity contribution is -0.121. The van der Waals surface area contributed by atoms with Gasteiger partial charge in [-0.1, -0.05) is 18.8 Å². The number of carbonyl (C=O) groups is 2. The van der Waals surface area contributed by atoms with Crippen LogP contribution in [0.15, 0.2) is 6.07 Å². The Bertz CT molecular complexity index is 703. The third-order valence-corrected chi connectivity index (χ3v) is 5.61. The van der Waals surface area contributed by atoms with Crippen LogP contribution in [0.25, 0.3) is 0 Å². The first-order chi connectivity index (χ1) is 11.7. The lowest BCUT2D eigenvalue weighted by Gasteiger charge is -2.25. The van der Waals surface area contributed by atoms with Gasteiger partial charge in [-0.15, -0.1) is 11.3 Å². The summed E-state index contributed by atoms with van der Waals surface area (Å²) in [5, 5.41) is 12.2. The second kappa shape index (κ2) is 8.03. The van der Waals surface area contributed by atoms with E-state index in [-0.39, 0.29) is 16.7 Å². The highest BCUT2D eigenvalue weighted by Gasteiger charge is 2.26. The lowest BCUT2D eigenvalue weighted by Crippen LogP contribution is -2.27. The van der Waals surface area contributed by atoms with E-state index in [1.165, 1.54) is 0 Å². The van der Waals surface area contributed by atoms with Crippen molar-refractivity contribution >= 4 is 28.9 Å². The van der Waals surface area contributed by atoms with Gasteiger partial charge in [0.15, 0.2) is 0 Å².